The minimum Gasteiger partial charge on any atom is -0.505 e. The number of aliphatic hydroxyl groups excluding tert-OH is 2. The molecule has 2 N–H and O–H groups in total. The zero-order valence-electron chi connectivity index (χ0n) is 8.47. The number of alkyl halides is 1. The lowest BCUT2D eigenvalue weighted by molar-refractivity contribution is -0.161. The first-order valence-corrected chi connectivity index (χ1v) is 5.21. The fraction of sp³-hybridized carbons (Fsp3) is 0.667. The summed E-state index contributed by atoms with van der Waals surface area (Å²) in [5, 5.41) is 18.6. The van der Waals surface area contributed by atoms with Crippen LogP contribution in [0.3, 0.4) is 0 Å². The molecule has 3 atom stereocenters. The molecule has 0 amide bonds. The first-order chi connectivity index (χ1) is 7.47. The summed E-state index contributed by atoms with van der Waals surface area (Å²) in [7, 11) is 0. The van der Waals surface area contributed by atoms with E-state index in [1.54, 1.807) is 6.92 Å². The fourth-order valence-electron chi connectivity index (χ4n) is 1.58. The van der Waals surface area contributed by atoms with Gasteiger partial charge in [-0.15, -0.1) is 11.6 Å². The highest BCUT2D eigenvalue weighted by Crippen LogP contribution is 2.32. The first kappa shape index (κ1) is 11.5. The predicted molar refractivity (Wildman–Crippen MR) is 52.1 cm³/mol. The Balaban J connectivity index is 2.10. The number of esters is 1. The van der Waals surface area contributed by atoms with E-state index in [0.717, 1.165) is 0 Å². The SMILES string of the molecule is CC1(CCl)OCC(C2OC(=O)C(O)=C2O)O1. The average Bonchev–Trinajstić information content (AvgIpc) is 2.76. The minimum atomic E-state index is -1.03. The quantitative estimate of drug-likeness (QED) is 0.552. The summed E-state index contributed by atoms with van der Waals surface area (Å²) in [4.78, 5) is 11.0. The van der Waals surface area contributed by atoms with E-state index < -0.39 is 35.5 Å². The average molecular weight is 251 g/mol. The van der Waals surface area contributed by atoms with Crippen molar-refractivity contribution in [3.63, 3.8) is 0 Å². The molecule has 2 heterocycles. The van der Waals surface area contributed by atoms with Crippen molar-refractivity contribution in [3.05, 3.63) is 11.5 Å². The lowest BCUT2D eigenvalue weighted by Crippen LogP contribution is -2.34. The summed E-state index contributed by atoms with van der Waals surface area (Å²) >= 11 is 5.63. The van der Waals surface area contributed by atoms with Gasteiger partial charge in [-0.2, -0.15) is 0 Å². The molecule has 0 aromatic carbocycles. The molecule has 90 valence electrons. The Bertz CT molecular complexity index is 354. The number of halogens is 1. The van der Waals surface area contributed by atoms with Crippen LogP contribution in [0.2, 0.25) is 0 Å². The van der Waals surface area contributed by atoms with Crippen molar-refractivity contribution in [1.29, 1.82) is 0 Å². The van der Waals surface area contributed by atoms with Crippen LogP contribution >= 0.6 is 11.6 Å². The zero-order chi connectivity index (χ0) is 11.9. The molecule has 0 aliphatic carbocycles. The molecule has 6 nitrogen and oxygen atoms in total. The highest BCUT2D eigenvalue weighted by molar-refractivity contribution is 6.18. The summed E-state index contributed by atoms with van der Waals surface area (Å²) in [5.74, 6) is -3.13. The molecule has 0 radical (unpaired) electrons. The molecule has 0 aromatic rings. The number of carbonyl (C=O) groups excluding carboxylic acids is 1. The Labute approximate surface area is 96.4 Å². The van der Waals surface area contributed by atoms with E-state index in [2.05, 4.69) is 0 Å². The highest BCUT2D eigenvalue weighted by Gasteiger charge is 2.47. The van der Waals surface area contributed by atoms with Gasteiger partial charge in [-0.3, -0.25) is 0 Å². The maximum Gasteiger partial charge on any atom is 0.377 e. The second-order valence-corrected chi connectivity index (χ2v) is 4.06. The number of hydrogen-bond donors (Lipinski definition) is 2. The third-order valence-electron chi connectivity index (χ3n) is 2.47. The molecule has 0 aromatic heterocycles. The molecule has 2 rings (SSSR count). The van der Waals surface area contributed by atoms with Crippen molar-refractivity contribution in [2.24, 2.45) is 0 Å². The normalized spacial score (nSPS) is 39.2. The molecule has 1 saturated heterocycles. The molecule has 7 heteroatoms. The lowest BCUT2D eigenvalue weighted by Gasteiger charge is -2.21. The van der Waals surface area contributed by atoms with E-state index in [1.807, 2.05) is 0 Å². The minimum absolute atomic E-state index is 0.112. The predicted octanol–water partition coefficient (Wildman–Crippen LogP) is 0.610. The van der Waals surface area contributed by atoms with Crippen LogP contribution in [0, 0.1) is 0 Å². The fourth-order valence-corrected chi connectivity index (χ4v) is 1.72. The van der Waals surface area contributed by atoms with Gasteiger partial charge in [0.2, 0.25) is 5.76 Å². The van der Waals surface area contributed by atoms with Gasteiger partial charge in [0.1, 0.15) is 6.10 Å². The van der Waals surface area contributed by atoms with Crippen molar-refractivity contribution < 1.29 is 29.2 Å². The topological polar surface area (TPSA) is 85.2 Å². The lowest BCUT2D eigenvalue weighted by atomic mass is 10.2. The van der Waals surface area contributed by atoms with E-state index in [9.17, 15) is 9.90 Å². The largest absolute Gasteiger partial charge is 0.505 e. The van der Waals surface area contributed by atoms with Crippen LogP contribution in [0.25, 0.3) is 0 Å². The molecule has 16 heavy (non-hydrogen) atoms. The van der Waals surface area contributed by atoms with E-state index in [0.29, 0.717) is 0 Å². The zero-order valence-corrected chi connectivity index (χ0v) is 9.23. The molecule has 0 bridgehead atoms. The van der Waals surface area contributed by atoms with Crippen LogP contribution in [0.4, 0.5) is 0 Å². The van der Waals surface area contributed by atoms with Crippen LogP contribution in [-0.2, 0) is 19.0 Å². The van der Waals surface area contributed by atoms with E-state index in [-0.39, 0.29) is 12.5 Å². The second-order valence-electron chi connectivity index (χ2n) is 3.79. The maximum absolute atomic E-state index is 11.0. The number of ether oxygens (including phenoxy) is 3. The van der Waals surface area contributed by atoms with Gasteiger partial charge in [-0.25, -0.2) is 4.79 Å². The highest BCUT2D eigenvalue weighted by atomic mass is 35.5. The van der Waals surface area contributed by atoms with Crippen LogP contribution in [-0.4, -0.2) is 46.7 Å². The van der Waals surface area contributed by atoms with E-state index >= 15 is 0 Å². The van der Waals surface area contributed by atoms with Crippen LogP contribution in [0.1, 0.15) is 6.92 Å². The number of cyclic esters (lactones) is 1. The van der Waals surface area contributed by atoms with Gasteiger partial charge in [0.15, 0.2) is 17.7 Å². The first-order valence-electron chi connectivity index (χ1n) is 4.67. The van der Waals surface area contributed by atoms with E-state index in [4.69, 9.17) is 30.9 Å². The van der Waals surface area contributed by atoms with E-state index in [1.165, 1.54) is 0 Å². The van der Waals surface area contributed by atoms with Crippen LogP contribution in [0.15, 0.2) is 11.5 Å². The third-order valence-corrected chi connectivity index (χ3v) is 2.96. The Morgan fingerprint density at radius 2 is 2.25 bits per heavy atom. The number of rotatable bonds is 2. The molecule has 2 aliphatic rings. The number of carbonyl (C=O) groups is 1. The molecular weight excluding hydrogens is 240 g/mol. The number of hydrogen-bond acceptors (Lipinski definition) is 6. The Hall–Kier alpha value is -0.980. The monoisotopic (exact) mass is 250 g/mol. The smallest absolute Gasteiger partial charge is 0.377 e. The second kappa shape index (κ2) is 3.80. The van der Waals surface area contributed by atoms with Crippen molar-refractivity contribution in [2.75, 3.05) is 12.5 Å². The molecule has 0 spiro atoms. The molecular formula is C9H11ClO6. The van der Waals surface area contributed by atoms with Crippen molar-refractivity contribution in [3.8, 4) is 0 Å². The standard InChI is InChI=1S/C9H11ClO6/c1-9(3-10)14-2-4(16-9)7-5(11)6(12)8(13)15-7/h4,7,11-12H,2-3H2,1H3. The molecule has 2 aliphatic heterocycles. The van der Waals surface area contributed by atoms with Crippen LogP contribution < -0.4 is 0 Å². The van der Waals surface area contributed by atoms with Crippen LogP contribution in [0.5, 0.6) is 0 Å². The van der Waals surface area contributed by atoms with Crippen molar-refractivity contribution >= 4 is 17.6 Å². The van der Waals surface area contributed by atoms with Gasteiger partial charge in [0, 0.05) is 0 Å². The molecule has 3 unspecified atom stereocenters. The van der Waals surface area contributed by atoms with Gasteiger partial charge in [0.05, 0.1) is 12.5 Å². The number of aliphatic hydroxyl groups is 2. The van der Waals surface area contributed by atoms with Gasteiger partial charge in [-0.05, 0) is 6.92 Å². The maximum atomic E-state index is 11.0. The molecule has 1 fully saturated rings. The van der Waals surface area contributed by atoms with Gasteiger partial charge in [-0.1, -0.05) is 0 Å². The Morgan fingerprint density at radius 1 is 1.56 bits per heavy atom. The van der Waals surface area contributed by atoms with Crippen molar-refractivity contribution in [1.82, 2.24) is 0 Å². The summed E-state index contributed by atoms with van der Waals surface area (Å²) in [6.45, 7) is 1.76. The summed E-state index contributed by atoms with van der Waals surface area (Å²) in [5.41, 5.74) is 0. The third kappa shape index (κ3) is 1.73. The Kier molecular flexibility index (Phi) is 2.73. The van der Waals surface area contributed by atoms with Crippen molar-refractivity contribution in [2.45, 2.75) is 24.9 Å². The molecule has 0 saturated carbocycles. The Morgan fingerprint density at radius 3 is 2.69 bits per heavy atom. The summed E-state index contributed by atoms with van der Waals surface area (Å²) in [6, 6.07) is 0. The summed E-state index contributed by atoms with van der Waals surface area (Å²) in [6.07, 6.45) is -1.70. The summed E-state index contributed by atoms with van der Waals surface area (Å²) < 4.78 is 15.4. The van der Waals surface area contributed by atoms with Gasteiger partial charge >= 0.3 is 5.97 Å². The van der Waals surface area contributed by atoms with Gasteiger partial charge in [0.25, 0.3) is 0 Å². The van der Waals surface area contributed by atoms with Gasteiger partial charge < -0.3 is 24.4 Å².